The average Bonchev–Trinajstić information content (AvgIpc) is 2.05. The molecule has 14 heavy (non-hydrogen) atoms. The molecule has 0 radical (unpaired) electrons. The van der Waals surface area contributed by atoms with Gasteiger partial charge in [0.1, 0.15) is 5.82 Å². The van der Waals surface area contributed by atoms with Gasteiger partial charge < -0.3 is 5.11 Å². The number of carboxylic acid groups (broad SMARTS) is 1. The molecule has 0 bridgehead atoms. The molecule has 0 amide bonds. The van der Waals surface area contributed by atoms with Gasteiger partial charge in [-0.3, -0.25) is 4.79 Å². The van der Waals surface area contributed by atoms with E-state index in [9.17, 15) is 18.0 Å². The quantitative estimate of drug-likeness (QED) is 0.754. The fourth-order valence-corrected chi connectivity index (χ4v) is 0.882. The van der Waals surface area contributed by atoms with E-state index in [0.29, 0.717) is 12.1 Å². The summed E-state index contributed by atoms with van der Waals surface area (Å²) in [7, 11) is 0. The van der Waals surface area contributed by atoms with Crippen molar-refractivity contribution in [3.8, 4) is 0 Å². The largest absolute Gasteiger partial charge is 0.481 e. The molecule has 1 aromatic rings. The lowest BCUT2D eigenvalue weighted by Gasteiger charge is -2.01. The maximum absolute atomic E-state index is 12.7. The first-order valence-corrected chi connectivity index (χ1v) is 3.36. The molecule has 0 aromatic heterocycles. The van der Waals surface area contributed by atoms with Crippen LogP contribution in [0.15, 0.2) is 12.1 Å². The summed E-state index contributed by atoms with van der Waals surface area (Å²) in [4.78, 5) is 10.1. The van der Waals surface area contributed by atoms with Gasteiger partial charge in [0.25, 0.3) is 0 Å². The van der Waals surface area contributed by atoms with E-state index in [1.165, 1.54) is 0 Å². The molecule has 0 atom stereocenters. The van der Waals surface area contributed by atoms with E-state index in [4.69, 9.17) is 5.11 Å². The molecular formula is C9H9F3O2. The van der Waals surface area contributed by atoms with Crippen molar-refractivity contribution in [1.82, 2.24) is 0 Å². The minimum atomic E-state index is -1.44. The van der Waals surface area contributed by atoms with Crippen LogP contribution in [-0.4, -0.2) is 11.1 Å². The smallest absolute Gasteiger partial charge is 0.308 e. The third kappa shape index (κ3) is 2.48. The molecule has 2 nitrogen and oxygen atoms in total. The third-order valence-corrected chi connectivity index (χ3v) is 1.47. The number of aliphatic carboxylic acids is 1. The highest BCUT2D eigenvalue weighted by Gasteiger charge is 2.15. The molecule has 1 rings (SSSR count). The summed E-state index contributed by atoms with van der Waals surface area (Å²) in [6.45, 7) is 0. The molecule has 1 N–H and O–H groups in total. The van der Waals surface area contributed by atoms with E-state index in [-0.39, 0.29) is 7.43 Å². The van der Waals surface area contributed by atoms with Gasteiger partial charge in [-0.05, 0) is 12.1 Å². The van der Waals surface area contributed by atoms with Crippen LogP contribution in [0.25, 0.3) is 0 Å². The van der Waals surface area contributed by atoms with Crippen LogP contribution in [0, 0.1) is 17.5 Å². The Kier molecular flexibility index (Phi) is 4.14. The lowest BCUT2D eigenvalue weighted by atomic mass is 10.1. The van der Waals surface area contributed by atoms with Gasteiger partial charge in [0.05, 0.1) is 6.42 Å². The highest BCUT2D eigenvalue weighted by atomic mass is 19.2. The fourth-order valence-electron chi connectivity index (χ4n) is 0.882. The van der Waals surface area contributed by atoms with Crippen molar-refractivity contribution in [2.45, 2.75) is 13.8 Å². The Hall–Kier alpha value is -1.52. The van der Waals surface area contributed by atoms with Crippen molar-refractivity contribution in [3.05, 3.63) is 35.1 Å². The molecule has 0 saturated carbocycles. The maximum atomic E-state index is 12.7. The van der Waals surface area contributed by atoms with Gasteiger partial charge in [0, 0.05) is 5.56 Å². The van der Waals surface area contributed by atoms with Gasteiger partial charge in [0.15, 0.2) is 11.6 Å². The van der Waals surface area contributed by atoms with Crippen LogP contribution < -0.4 is 0 Å². The maximum Gasteiger partial charge on any atom is 0.308 e. The van der Waals surface area contributed by atoms with E-state index >= 15 is 0 Å². The third-order valence-electron chi connectivity index (χ3n) is 1.47. The predicted octanol–water partition coefficient (Wildman–Crippen LogP) is 2.37. The summed E-state index contributed by atoms with van der Waals surface area (Å²) in [5, 5.41) is 8.25. The van der Waals surface area contributed by atoms with Gasteiger partial charge >= 0.3 is 5.97 Å². The second kappa shape index (κ2) is 4.64. The lowest BCUT2D eigenvalue weighted by molar-refractivity contribution is -0.136. The van der Waals surface area contributed by atoms with Crippen molar-refractivity contribution >= 4 is 5.97 Å². The zero-order valence-corrected chi connectivity index (χ0v) is 6.35. The monoisotopic (exact) mass is 206 g/mol. The Bertz CT molecular complexity index is 350. The molecule has 1 aromatic carbocycles. The minimum Gasteiger partial charge on any atom is -0.481 e. The number of hydrogen-bond acceptors (Lipinski definition) is 1. The van der Waals surface area contributed by atoms with Crippen LogP contribution in [0.1, 0.15) is 13.0 Å². The summed E-state index contributed by atoms with van der Waals surface area (Å²) in [6, 6.07) is 1.30. The molecule has 0 aliphatic carbocycles. The molecule has 78 valence electrons. The number of carbonyl (C=O) groups is 1. The Balaban J connectivity index is 0.00000169. The minimum absolute atomic E-state index is 0. The van der Waals surface area contributed by atoms with E-state index in [0.717, 1.165) is 0 Å². The van der Waals surface area contributed by atoms with Gasteiger partial charge in [0.2, 0.25) is 0 Å². The van der Waals surface area contributed by atoms with Gasteiger partial charge in [-0.2, -0.15) is 0 Å². The first-order valence-electron chi connectivity index (χ1n) is 3.36. The first-order chi connectivity index (χ1) is 6.02. The number of carboxylic acids is 1. The van der Waals surface area contributed by atoms with Gasteiger partial charge in [-0.15, -0.1) is 0 Å². The molecule has 0 unspecified atom stereocenters. The Labute approximate surface area is 79.0 Å². The van der Waals surface area contributed by atoms with E-state index in [1.54, 1.807) is 0 Å². The summed E-state index contributed by atoms with van der Waals surface area (Å²) in [5.74, 6) is -5.16. The zero-order chi connectivity index (χ0) is 10.0. The van der Waals surface area contributed by atoms with Crippen LogP contribution >= 0.6 is 0 Å². The second-order valence-corrected chi connectivity index (χ2v) is 2.39. The van der Waals surface area contributed by atoms with E-state index in [2.05, 4.69) is 0 Å². The molecule has 0 fully saturated rings. The van der Waals surface area contributed by atoms with Crippen LogP contribution in [-0.2, 0) is 11.2 Å². The zero-order valence-electron chi connectivity index (χ0n) is 6.35. The van der Waals surface area contributed by atoms with Crippen LogP contribution in [0.3, 0.4) is 0 Å². The molecule has 0 saturated heterocycles. The molecule has 0 spiro atoms. The van der Waals surface area contributed by atoms with Crippen LogP contribution in [0.2, 0.25) is 0 Å². The van der Waals surface area contributed by atoms with Gasteiger partial charge in [-0.25, -0.2) is 13.2 Å². The normalized spacial score (nSPS) is 9.36. The molecule has 0 aliphatic rings. The Morgan fingerprint density at radius 2 is 1.71 bits per heavy atom. The highest BCUT2D eigenvalue weighted by Crippen LogP contribution is 2.16. The van der Waals surface area contributed by atoms with E-state index < -0.39 is 35.4 Å². The van der Waals surface area contributed by atoms with E-state index in [1.807, 2.05) is 0 Å². The summed E-state index contributed by atoms with van der Waals surface area (Å²) in [6.07, 6.45) is -0.866. The first kappa shape index (κ1) is 12.5. The predicted molar refractivity (Wildman–Crippen MR) is 44.4 cm³/mol. The summed E-state index contributed by atoms with van der Waals surface area (Å²) >= 11 is 0. The summed E-state index contributed by atoms with van der Waals surface area (Å²) < 4.78 is 37.9. The molecule has 0 aliphatic heterocycles. The van der Waals surface area contributed by atoms with Crippen molar-refractivity contribution in [2.24, 2.45) is 0 Å². The fraction of sp³-hybridized carbons (Fsp3) is 0.222. The van der Waals surface area contributed by atoms with Crippen molar-refractivity contribution in [1.29, 1.82) is 0 Å². The lowest BCUT2D eigenvalue weighted by Crippen LogP contribution is -2.06. The molecular weight excluding hydrogens is 197 g/mol. The van der Waals surface area contributed by atoms with Crippen molar-refractivity contribution < 1.29 is 23.1 Å². The number of benzene rings is 1. The highest BCUT2D eigenvalue weighted by molar-refractivity contribution is 5.70. The number of rotatable bonds is 2. The summed E-state index contributed by atoms with van der Waals surface area (Å²) in [5.41, 5.74) is -0.757. The number of halogens is 3. The second-order valence-electron chi connectivity index (χ2n) is 2.39. The molecule has 0 heterocycles. The SMILES string of the molecule is C.O=C(O)Cc1c(F)ccc(F)c1F. The molecule has 5 heteroatoms. The van der Waals surface area contributed by atoms with Crippen LogP contribution in [0.5, 0.6) is 0 Å². The Morgan fingerprint density at radius 3 is 2.21 bits per heavy atom. The van der Waals surface area contributed by atoms with Crippen molar-refractivity contribution in [2.75, 3.05) is 0 Å². The average molecular weight is 206 g/mol. The van der Waals surface area contributed by atoms with Gasteiger partial charge in [-0.1, -0.05) is 7.43 Å². The topological polar surface area (TPSA) is 37.3 Å². The van der Waals surface area contributed by atoms with Crippen LogP contribution in [0.4, 0.5) is 13.2 Å². The Morgan fingerprint density at radius 1 is 1.21 bits per heavy atom. The standard InChI is InChI=1S/C8H5F3O2.CH4/c9-5-1-2-6(10)8(11)4(5)3-7(12)13;/h1-2H,3H2,(H,12,13);1H4. The van der Waals surface area contributed by atoms with Crippen molar-refractivity contribution in [3.63, 3.8) is 0 Å². The number of hydrogen-bond donors (Lipinski definition) is 1.